The van der Waals surface area contributed by atoms with Crippen LogP contribution in [0.4, 0.5) is 23.1 Å². The molecule has 0 aliphatic heterocycles. The van der Waals surface area contributed by atoms with Crippen LogP contribution in [0.2, 0.25) is 0 Å². The van der Waals surface area contributed by atoms with Crippen LogP contribution in [0.3, 0.4) is 0 Å². The summed E-state index contributed by atoms with van der Waals surface area (Å²) in [5.74, 6) is 1.84. The number of ether oxygens (including phenoxy) is 1. The fourth-order valence-corrected chi connectivity index (χ4v) is 5.06. The largest absolute Gasteiger partial charge is 0.489 e. The molecular weight excluding hydrogens is 518 g/mol. The van der Waals surface area contributed by atoms with Gasteiger partial charge in [-0.1, -0.05) is 17.3 Å². The molecule has 2 aromatic carbocycles. The molecule has 0 fully saturated rings. The van der Waals surface area contributed by atoms with E-state index in [1.807, 2.05) is 39.8 Å². The van der Waals surface area contributed by atoms with Crippen molar-refractivity contribution in [1.82, 2.24) is 15.1 Å². The van der Waals surface area contributed by atoms with Crippen molar-refractivity contribution in [2.24, 2.45) is 0 Å². The normalized spacial score (nSPS) is 11.7. The first-order valence-corrected chi connectivity index (χ1v) is 14.1. The van der Waals surface area contributed by atoms with Gasteiger partial charge in [0.2, 0.25) is 5.95 Å². The molecule has 11 heteroatoms. The number of para-hydroxylation sites is 1. The second-order valence-electron chi connectivity index (χ2n) is 9.74. The summed E-state index contributed by atoms with van der Waals surface area (Å²) in [6.07, 6.45) is 1.57. The van der Waals surface area contributed by atoms with E-state index >= 15 is 0 Å². The zero-order valence-corrected chi connectivity index (χ0v) is 23.6. The number of rotatable bonds is 10. The first-order chi connectivity index (χ1) is 18.5. The van der Waals surface area contributed by atoms with Crippen LogP contribution in [0.1, 0.15) is 44.5 Å². The van der Waals surface area contributed by atoms with Gasteiger partial charge in [-0.15, -0.1) is 0 Å². The van der Waals surface area contributed by atoms with Crippen LogP contribution in [-0.4, -0.2) is 40.0 Å². The summed E-state index contributed by atoms with van der Waals surface area (Å²) < 4.78 is 37.4. The second-order valence-corrected chi connectivity index (χ2v) is 12.2. The van der Waals surface area contributed by atoms with Crippen LogP contribution in [0.15, 0.2) is 58.1 Å². The number of aliphatic hydroxyl groups excluding tert-OH is 1. The molecule has 2 heterocycles. The molecule has 3 N–H and O–H groups in total. The Balaban J connectivity index is 1.72. The minimum Gasteiger partial charge on any atom is -0.489 e. The summed E-state index contributed by atoms with van der Waals surface area (Å²) in [5, 5.41) is 19.1. The van der Waals surface area contributed by atoms with Crippen molar-refractivity contribution < 1.29 is 22.8 Å². The molecule has 0 atom stereocenters. The Morgan fingerprint density at radius 3 is 2.41 bits per heavy atom. The lowest BCUT2D eigenvalue weighted by molar-refractivity contribution is 0.243. The van der Waals surface area contributed by atoms with E-state index in [1.54, 1.807) is 50.4 Å². The molecule has 0 bridgehead atoms. The molecule has 0 amide bonds. The quantitative estimate of drug-likeness (QED) is 0.225. The number of anilines is 4. The van der Waals surface area contributed by atoms with Crippen molar-refractivity contribution in [3.63, 3.8) is 0 Å². The first-order valence-electron chi connectivity index (χ1n) is 12.6. The fraction of sp³-hybridized carbons (Fsp3) is 0.321. The Morgan fingerprint density at radius 2 is 1.74 bits per heavy atom. The van der Waals surface area contributed by atoms with Crippen LogP contribution in [0.5, 0.6) is 5.75 Å². The van der Waals surface area contributed by atoms with Gasteiger partial charge >= 0.3 is 0 Å². The number of nitrogens with zero attached hydrogens (tertiary/aromatic N) is 3. The molecular formula is C28H33N5O5S. The van der Waals surface area contributed by atoms with Crippen LogP contribution >= 0.6 is 0 Å². The highest BCUT2D eigenvalue weighted by atomic mass is 32.2. The topological polar surface area (TPSA) is 139 Å². The van der Waals surface area contributed by atoms with E-state index in [-0.39, 0.29) is 23.6 Å². The number of sulfone groups is 1. The molecule has 0 saturated carbocycles. The number of hydrogen-bond donors (Lipinski definition) is 3. The standard InChI is InChI=1S/C28H33N5O5S/c1-16(2)37-25-11-18(5)21(24-12-20(15-34)33-38-24)13-23(25)31-28-29-14-19(6)27(32-28)30-22-9-7-8-10-26(22)39(35,36)17(3)4/h7-14,16-17,34H,15H2,1-6H3,(H2,29,30,31,32). The van der Waals surface area contributed by atoms with E-state index in [9.17, 15) is 13.5 Å². The van der Waals surface area contributed by atoms with Crippen LogP contribution in [0.25, 0.3) is 11.3 Å². The molecule has 2 aromatic heterocycles. The molecule has 0 unspecified atom stereocenters. The van der Waals surface area contributed by atoms with Gasteiger partial charge in [-0.2, -0.15) is 4.98 Å². The lowest BCUT2D eigenvalue weighted by Crippen LogP contribution is -2.16. The predicted molar refractivity (Wildman–Crippen MR) is 150 cm³/mol. The number of benzene rings is 2. The van der Waals surface area contributed by atoms with Crippen LogP contribution in [-0.2, 0) is 16.4 Å². The fourth-order valence-electron chi connectivity index (χ4n) is 3.86. The van der Waals surface area contributed by atoms with E-state index < -0.39 is 15.1 Å². The lowest BCUT2D eigenvalue weighted by Gasteiger charge is -2.18. The van der Waals surface area contributed by atoms with E-state index in [0.717, 1.165) is 16.7 Å². The number of hydrogen-bond acceptors (Lipinski definition) is 10. The summed E-state index contributed by atoms with van der Waals surface area (Å²) in [4.78, 5) is 9.28. The van der Waals surface area contributed by atoms with Crippen molar-refractivity contribution >= 4 is 33.0 Å². The molecule has 10 nitrogen and oxygen atoms in total. The highest BCUT2D eigenvalue weighted by molar-refractivity contribution is 7.92. The monoisotopic (exact) mass is 551 g/mol. The van der Waals surface area contributed by atoms with Crippen LogP contribution in [0, 0.1) is 13.8 Å². The summed E-state index contributed by atoms with van der Waals surface area (Å²) in [5.41, 5.74) is 3.86. The van der Waals surface area contributed by atoms with Gasteiger partial charge in [-0.25, -0.2) is 13.4 Å². The van der Waals surface area contributed by atoms with Gasteiger partial charge in [0.15, 0.2) is 15.6 Å². The third-order valence-electron chi connectivity index (χ3n) is 5.96. The zero-order chi connectivity index (χ0) is 28.3. The van der Waals surface area contributed by atoms with Gasteiger partial charge in [0.1, 0.15) is 17.3 Å². The molecule has 0 spiro atoms. The van der Waals surface area contributed by atoms with Gasteiger partial charge in [-0.05, 0) is 71.4 Å². The van der Waals surface area contributed by atoms with Crippen molar-refractivity contribution in [2.45, 2.75) is 64.4 Å². The molecule has 0 aliphatic carbocycles. The Kier molecular flexibility index (Phi) is 8.22. The first kappa shape index (κ1) is 28.1. The molecule has 0 aliphatic rings. The minimum atomic E-state index is -3.52. The SMILES string of the molecule is Cc1cc(OC(C)C)c(Nc2ncc(C)c(Nc3ccccc3S(=O)(=O)C(C)C)n2)cc1-c1cc(CO)no1. The summed E-state index contributed by atoms with van der Waals surface area (Å²) in [6.45, 7) is 10.7. The maximum atomic E-state index is 12.9. The molecule has 4 aromatic rings. The highest BCUT2D eigenvalue weighted by Gasteiger charge is 2.23. The van der Waals surface area contributed by atoms with Crippen LogP contribution < -0.4 is 15.4 Å². The predicted octanol–water partition coefficient (Wildman–Crippen LogP) is 5.70. The highest BCUT2D eigenvalue weighted by Crippen LogP contribution is 2.36. The van der Waals surface area contributed by atoms with E-state index in [4.69, 9.17) is 9.26 Å². The van der Waals surface area contributed by atoms with Gasteiger partial charge in [0.05, 0.1) is 34.2 Å². The number of aliphatic hydroxyl groups is 1. The molecule has 39 heavy (non-hydrogen) atoms. The Morgan fingerprint density at radius 1 is 1.00 bits per heavy atom. The average Bonchev–Trinajstić information content (AvgIpc) is 3.36. The Hall–Kier alpha value is -3.96. The van der Waals surface area contributed by atoms with Gasteiger partial charge < -0.3 is 25.0 Å². The second kappa shape index (κ2) is 11.4. The van der Waals surface area contributed by atoms with E-state index in [0.29, 0.717) is 34.4 Å². The maximum Gasteiger partial charge on any atom is 0.229 e. The molecule has 0 saturated heterocycles. The molecule has 206 valence electrons. The lowest BCUT2D eigenvalue weighted by atomic mass is 10.0. The van der Waals surface area contributed by atoms with Crippen molar-refractivity contribution in [2.75, 3.05) is 10.6 Å². The number of nitrogens with one attached hydrogen (secondary N) is 2. The zero-order valence-electron chi connectivity index (χ0n) is 22.8. The third kappa shape index (κ3) is 6.21. The maximum absolute atomic E-state index is 12.9. The van der Waals surface area contributed by atoms with Gasteiger partial charge in [0, 0.05) is 23.4 Å². The van der Waals surface area contributed by atoms with E-state index in [1.165, 1.54) is 0 Å². The summed E-state index contributed by atoms with van der Waals surface area (Å²) in [6, 6.07) is 12.2. The van der Waals surface area contributed by atoms with Crippen molar-refractivity contribution in [3.8, 4) is 17.1 Å². The molecule has 4 rings (SSSR count). The number of aryl methyl sites for hydroxylation is 2. The Labute approximate surface area is 228 Å². The minimum absolute atomic E-state index is 0.0855. The Bertz CT molecular complexity index is 1580. The third-order valence-corrected chi connectivity index (χ3v) is 8.17. The average molecular weight is 552 g/mol. The van der Waals surface area contributed by atoms with Crippen molar-refractivity contribution in [3.05, 3.63) is 65.5 Å². The number of aromatic nitrogens is 3. The summed E-state index contributed by atoms with van der Waals surface area (Å²) >= 11 is 0. The van der Waals surface area contributed by atoms with E-state index in [2.05, 4.69) is 25.8 Å². The smallest absolute Gasteiger partial charge is 0.229 e. The summed E-state index contributed by atoms with van der Waals surface area (Å²) in [7, 11) is -3.52. The van der Waals surface area contributed by atoms with Gasteiger partial charge in [0.25, 0.3) is 0 Å². The van der Waals surface area contributed by atoms with Crippen molar-refractivity contribution in [1.29, 1.82) is 0 Å². The van der Waals surface area contributed by atoms with Gasteiger partial charge in [-0.3, -0.25) is 0 Å². The molecule has 0 radical (unpaired) electrons.